The van der Waals surface area contributed by atoms with Crippen LogP contribution in [0.1, 0.15) is 54.7 Å². The van der Waals surface area contributed by atoms with E-state index in [9.17, 15) is 4.79 Å². The van der Waals surface area contributed by atoms with Crippen LogP contribution < -0.4 is 10.1 Å². The first-order valence-electron chi connectivity index (χ1n) is 8.95. The monoisotopic (exact) mass is 375 g/mol. The Morgan fingerprint density at radius 1 is 1.15 bits per heavy atom. The van der Waals surface area contributed by atoms with E-state index in [1.165, 1.54) is 0 Å². The zero-order valence-corrected chi connectivity index (χ0v) is 16.3. The average molecular weight is 376 g/mol. The summed E-state index contributed by atoms with van der Waals surface area (Å²) in [5, 5.41) is 3.69. The minimum atomic E-state index is -0.132. The Labute approximate surface area is 160 Å². The molecule has 0 spiro atoms. The molecule has 0 aliphatic rings. The van der Waals surface area contributed by atoms with Crippen LogP contribution >= 0.6 is 11.6 Å². The number of hydrogen-bond donors (Lipinski definition) is 1. The van der Waals surface area contributed by atoms with Crippen LogP contribution in [0.5, 0.6) is 5.75 Å². The molecule has 5 heteroatoms. The predicted octanol–water partition coefficient (Wildman–Crippen LogP) is 5.16. The van der Waals surface area contributed by atoms with Crippen molar-refractivity contribution in [3.05, 3.63) is 64.2 Å². The maximum atomic E-state index is 12.6. The van der Waals surface area contributed by atoms with Gasteiger partial charge in [-0.05, 0) is 56.2 Å². The van der Waals surface area contributed by atoms with E-state index in [1.807, 2.05) is 50.2 Å². The van der Waals surface area contributed by atoms with Gasteiger partial charge in [0.15, 0.2) is 0 Å². The van der Waals surface area contributed by atoms with Crippen LogP contribution in [0.3, 0.4) is 0 Å². The highest BCUT2D eigenvalue weighted by molar-refractivity contribution is 6.30. The van der Waals surface area contributed by atoms with Crippen LogP contribution in [-0.2, 0) is 11.3 Å². The fraction of sp³-hybridized carbons (Fsp3) is 0.381. The summed E-state index contributed by atoms with van der Waals surface area (Å²) < 4.78 is 11.3. The fourth-order valence-electron chi connectivity index (χ4n) is 2.57. The number of halogens is 1. The summed E-state index contributed by atoms with van der Waals surface area (Å²) in [5.74, 6) is 0.623. The van der Waals surface area contributed by atoms with Gasteiger partial charge in [0, 0.05) is 22.8 Å². The normalized spacial score (nSPS) is 11.8. The Morgan fingerprint density at radius 2 is 1.88 bits per heavy atom. The second-order valence-electron chi connectivity index (χ2n) is 6.05. The number of hydrogen-bond acceptors (Lipinski definition) is 3. The number of benzene rings is 2. The number of ether oxygens (including phenoxy) is 2. The van der Waals surface area contributed by atoms with Crippen molar-refractivity contribution in [2.75, 3.05) is 13.2 Å². The van der Waals surface area contributed by atoms with Crippen molar-refractivity contribution in [1.82, 2.24) is 5.32 Å². The first kappa shape index (κ1) is 20.3. The molecule has 1 amide bonds. The smallest absolute Gasteiger partial charge is 0.251 e. The number of nitrogens with one attached hydrogen (secondary N) is 1. The maximum Gasteiger partial charge on any atom is 0.251 e. The van der Waals surface area contributed by atoms with Crippen molar-refractivity contribution in [2.45, 2.75) is 39.8 Å². The van der Waals surface area contributed by atoms with Gasteiger partial charge in [0.2, 0.25) is 0 Å². The molecule has 0 heterocycles. The van der Waals surface area contributed by atoms with E-state index in [2.05, 4.69) is 12.2 Å². The highest BCUT2D eigenvalue weighted by Crippen LogP contribution is 2.22. The molecule has 1 N–H and O–H groups in total. The maximum absolute atomic E-state index is 12.6. The van der Waals surface area contributed by atoms with E-state index in [1.54, 1.807) is 6.07 Å². The molecule has 0 unspecified atom stereocenters. The number of carbonyl (C=O) groups excluding carboxylic acids is 1. The molecule has 0 aliphatic heterocycles. The Balaban J connectivity index is 2.11. The summed E-state index contributed by atoms with van der Waals surface area (Å²) in [4.78, 5) is 12.6. The van der Waals surface area contributed by atoms with Crippen molar-refractivity contribution < 1.29 is 14.3 Å². The fourth-order valence-corrected chi connectivity index (χ4v) is 2.70. The van der Waals surface area contributed by atoms with Crippen molar-refractivity contribution in [3.63, 3.8) is 0 Å². The van der Waals surface area contributed by atoms with E-state index in [-0.39, 0.29) is 11.9 Å². The van der Waals surface area contributed by atoms with Crippen LogP contribution in [-0.4, -0.2) is 19.1 Å². The van der Waals surface area contributed by atoms with E-state index in [0.29, 0.717) is 30.4 Å². The summed E-state index contributed by atoms with van der Waals surface area (Å²) in [6.45, 7) is 7.62. The lowest BCUT2D eigenvalue weighted by atomic mass is 10.1. The van der Waals surface area contributed by atoms with Crippen molar-refractivity contribution in [3.8, 4) is 5.75 Å². The molecule has 0 aliphatic carbocycles. The molecule has 1 atom stereocenters. The highest BCUT2D eigenvalue weighted by Gasteiger charge is 2.14. The van der Waals surface area contributed by atoms with Gasteiger partial charge in [0.1, 0.15) is 5.75 Å². The summed E-state index contributed by atoms with van der Waals surface area (Å²) in [6.07, 6.45) is 0.947. The van der Waals surface area contributed by atoms with Gasteiger partial charge in [-0.1, -0.05) is 30.7 Å². The number of amides is 1. The standard InChI is InChI=1S/C21H26ClNO3/c1-4-12-25-14-18-13-17(8-11-20(18)26-5-2)21(24)23-15(3)16-6-9-19(22)10-7-16/h6-11,13,15H,4-5,12,14H2,1-3H3,(H,23,24)/t15-/m1/s1. The lowest BCUT2D eigenvalue weighted by Gasteiger charge is -2.16. The third kappa shape index (κ3) is 5.75. The van der Waals surface area contributed by atoms with Gasteiger partial charge in [-0.2, -0.15) is 0 Å². The second-order valence-corrected chi connectivity index (χ2v) is 6.49. The molecule has 2 aromatic rings. The molecular weight excluding hydrogens is 350 g/mol. The number of rotatable bonds is 9. The zero-order chi connectivity index (χ0) is 18.9. The summed E-state index contributed by atoms with van der Waals surface area (Å²) in [6, 6.07) is 12.8. The molecule has 2 rings (SSSR count). The van der Waals surface area contributed by atoms with Gasteiger partial charge in [-0.25, -0.2) is 0 Å². The molecule has 140 valence electrons. The topological polar surface area (TPSA) is 47.6 Å². The summed E-state index contributed by atoms with van der Waals surface area (Å²) in [7, 11) is 0. The molecule has 2 aromatic carbocycles. The van der Waals surface area contributed by atoms with Gasteiger partial charge < -0.3 is 14.8 Å². The quantitative estimate of drug-likeness (QED) is 0.616. The third-order valence-electron chi connectivity index (χ3n) is 3.95. The molecule has 0 saturated carbocycles. The Hall–Kier alpha value is -2.04. The molecule has 4 nitrogen and oxygen atoms in total. The highest BCUT2D eigenvalue weighted by atomic mass is 35.5. The second kappa shape index (κ2) is 10.2. The van der Waals surface area contributed by atoms with Crippen LogP contribution in [0.25, 0.3) is 0 Å². The van der Waals surface area contributed by atoms with Crippen molar-refractivity contribution in [2.24, 2.45) is 0 Å². The lowest BCUT2D eigenvalue weighted by Crippen LogP contribution is -2.26. The molecule has 0 fully saturated rings. The molecule has 0 aromatic heterocycles. The minimum absolute atomic E-state index is 0.119. The molecule has 0 saturated heterocycles. The van der Waals surface area contributed by atoms with Gasteiger partial charge >= 0.3 is 0 Å². The van der Waals surface area contributed by atoms with Crippen LogP contribution in [0.15, 0.2) is 42.5 Å². The Bertz CT molecular complexity index is 716. The molecule has 26 heavy (non-hydrogen) atoms. The summed E-state index contributed by atoms with van der Waals surface area (Å²) in [5.41, 5.74) is 2.47. The Morgan fingerprint density at radius 3 is 2.54 bits per heavy atom. The van der Waals surface area contributed by atoms with Crippen molar-refractivity contribution >= 4 is 17.5 Å². The van der Waals surface area contributed by atoms with E-state index < -0.39 is 0 Å². The van der Waals surface area contributed by atoms with E-state index >= 15 is 0 Å². The zero-order valence-electron chi connectivity index (χ0n) is 15.5. The van der Waals surface area contributed by atoms with E-state index in [4.69, 9.17) is 21.1 Å². The van der Waals surface area contributed by atoms with Gasteiger partial charge in [0.25, 0.3) is 5.91 Å². The van der Waals surface area contributed by atoms with E-state index in [0.717, 1.165) is 23.3 Å². The predicted molar refractivity (Wildman–Crippen MR) is 105 cm³/mol. The SMILES string of the molecule is CCCOCc1cc(C(=O)N[C@H](C)c2ccc(Cl)cc2)ccc1OCC. The average Bonchev–Trinajstić information content (AvgIpc) is 2.63. The van der Waals surface area contributed by atoms with Crippen LogP contribution in [0.4, 0.5) is 0 Å². The lowest BCUT2D eigenvalue weighted by molar-refractivity contribution is 0.0939. The molecule has 0 radical (unpaired) electrons. The molecule has 0 bridgehead atoms. The van der Waals surface area contributed by atoms with Gasteiger partial charge in [-0.3, -0.25) is 4.79 Å². The first-order valence-corrected chi connectivity index (χ1v) is 9.32. The van der Waals surface area contributed by atoms with Crippen LogP contribution in [0.2, 0.25) is 5.02 Å². The van der Waals surface area contributed by atoms with Crippen molar-refractivity contribution in [1.29, 1.82) is 0 Å². The van der Waals surface area contributed by atoms with Crippen LogP contribution in [0, 0.1) is 0 Å². The number of carbonyl (C=O) groups is 1. The third-order valence-corrected chi connectivity index (χ3v) is 4.20. The Kier molecular flexibility index (Phi) is 7.95. The molecular formula is C21H26ClNO3. The minimum Gasteiger partial charge on any atom is -0.494 e. The van der Waals surface area contributed by atoms with Gasteiger partial charge in [0.05, 0.1) is 19.3 Å². The largest absolute Gasteiger partial charge is 0.494 e. The summed E-state index contributed by atoms with van der Waals surface area (Å²) >= 11 is 5.92. The first-order chi connectivity index (χ1) is 12.5. The van der Waals surface area contributed by atoms with Gasteiger partial charge in [-0.15, -0.1) is 0 Å².